The van der Waals surface area contributed by atoms with Crippen LogP contribution in [0.3, 0.4) is 0 Å². The number of aliphatic hydroxyl groups is 1. The summed E-state index contributed by atoms with van der Waals surface area (Å²) in [4.78, 5) is 12.1. The average molecular weight is 236 g/mol. The summed E-state index contributed by atoms with van der Waals surface area (Å²) < 4.78 is 0. The molecular weight excluding hydrogens is 216 g/mol. The van der Waals surface area contributed by atoms with Crippen molar-refractivity contribution in [1.82, 2.24) is 5.32 Å². The molecule has 0 aliphatic rings. The van der Waals surface area contributed by atoms with Crippen LogP contribution < -0.4 is 11.1 Å². The molecule has 4 N–H and O–H groups in total. The number of carbonyl (C=O) groups excluding carboxylic acids is 1. The molecule has 1 aromatic carbocycles. The molecule has 0 saturated heterocycles. The van der Waals surface area contributed by atoms with Crippen molar-refractivity contribution in [2.75, 3.05) is 13.2 Å². The van der Waals surface area contributed by atoms with Crippen LogP contribution >= 0.6 is 0 Å². The number of rotatable bonds is 5. The number of hydrogen-bond donors (Lipinski definition) is 3. The summed E-state index contributed by atoms with van der Waals surface area (Å²) in [5.41, 5.74) is 6.45. The van der Waals surface area contributed by atoms with Gasteiger partial charge in [-0.1, -0.05) is 18.2 Å². The van der Waals surface area contributed by atoms with Crippen LogP contribution in [0.1, 0.15) is 29.8 Å². The Bertz CT molecular complexity index is 389. The second-order valence-corrected chi connectivity index (χ2v) is 4.69. The zero-order valence-corrected chi connectivity index (χ0v) is 10.4. The summed E-state index contributed by atoms with van der Waals surface area (Å²) in [6, 6.07) is 7.38. The molecule has 0 fully saturated rings. The van der Waals surface area contributed by atoms with Gasteiger partial charge in [-0.2, -0.15) is 0 Å². The minimum atomic E-state index is -0.618. The lowest BCUT2D eigenvalue weighted by Gasteiger charge is -2.24. The molecular formula is C13H20N2O2. The van der Waals surface area contributed by atoms with E-state index in [9.17, 15) is 4.79 Å². The van der Waals surface area contributed by atoms with Gasteiger partial charge in [0.2, 0.25) is 0 Å². The second-order valence-electron chi connectivity index (χ2n) is 4.69. The molecule has 0 aliphatic carbocycles. The van der Waals surface area contributed by atoms with E-state index in [0.29, 0.717) is 18.5 Å². The first-order chi connectivity index (χ1) is 8.00. The van der Waals surface area contributed by atoms with Gasteiger partial charge in [-0.25, -0.2) is 0 Å². The Kier molecular flexibility index (Phi) is 4.66. The Morgan fingerprint density at radius 2 is 2.06 bits per heavy atom. The Labute approximate surface area is 102 Å². The van der Waals surface area contributed by atoms with Gasteiger partial charge in [-0.15, -0.1) is 0 Å². The summed E-state index contributed by atoms with van der Waals surface area (Å²) >= 11 is 0. The van der Waals surface area contributed by atoms with Crippen molar-refractivity contribution in [2.24, 2.45) is 5.73 Å². The molecule has 0 aromatic heterocycles. The highest BCUT2D eigenvalue weighted by atomic mass is 16.3. The maximum absolute atomic E-state index is 12.1. The third-order valence-electron chi connectivity index (χ3n) is 2.52. The predicted molar refractivity (Wildman–Crippen MR) is 67.8 cm³/mol. The number of nitrogens with two attached hydrogens (primary N) is 1. The topological polar surface area (TPSA) is 75.3 Å². The first-order valence-electron chi connectivity index (χ1n) is 5.71. The van der Waals surface area contributed by atoms with Crippen LogP contribution in [-0.2, 0) is 6.42 Å². The SMILES string of the molecule is CC(C)(CO)NC(=O)c1ccccc1CCN. The van der Waals surface area contributed by atoms with Crippen molar-refractivity contribution in [3.05, 3.63) is 35.4 Å². The Hall–Kier alpha value is -1.39. The van der Waals surface area contributed by atoms with Crippen LogP contribution in [0.5, 0.6) is 0 Å². The predicted octanol–water partition coefficient (Wildman–Crippen LogP) is 0.689. The first-order valence-corrected chi connectivity index (χ1v) is 5.71. The Balaban J connectivity index is 2.88. The van der Waals surface area contributed by atoms with Crippen LogP contribution in [0.4, 0.5) is 0 Å². The number of carbonyl (C=O) groups is 1. The van der Waals surface area contributed by atoms with Crippen molar-refractivity contribution in [3.8, 4) is 0 Å². The van der Waals surface area contributed by atoms with Gasteiger partial charge >= 0.3 is 0 Å². The van der Waals surface area contributed by atoms with E-state index < -0.39 is 5.54 Å². The standard InChI is InChI=1S/C13H20N2O2/c1-13(2,9-16)15-12(17)11-6-4-3-5-10(11)7-8-14/h3-6,16H,7-9,14H2,1-2H3,(H,15,17). The highest BCUT2D eigenvalue weighted by Gasteiger charge is 2.21. The molecule has 1 rings (SSSR count). The zero-order chi connectivity index (χ0) is 12.9. The van der Waals surface area contributed by atoms with E-state index >= 15 is 0 Å². The number of hydrogen-bond acceptors (Lipinski definition) is 3. The molecule has 0 atom stereocenters. The molecule has 0 unspecified atom stereocenters. The molecule has 4 heteroatoms. The van der Waals surface area contributed by atoms with Crippen LogP contribution in [0.15, 0.2) is 24.3 Å². The Morgan fingerprint density at radius 3 is 2.65 bits per heavy atom. The van der Waals surface area contributed by atoms with Crippen LogP contribution in [0.2, 0.25) is 0 Å². The van der Waals surface area contributed by atoms with E-state index in [1.807, 2.05) is 18.2 Å². The molecule has 0 spiro atoms. The van der Waals surface area contributed by atoms with Gasteiger partial charge in [0, 0.05) is 5.56 Å². The van der Waals surface area contributed by atoms with Crippen molar-refractivity contribution in [2.45, 2.75) is 25.8 Å². The van der Waals surface area contributed by atoms with Crippen molar-refractivity contribution < 1.29 is 9.90 Å². The third kappa shape index (κ3) is 3.84. The summed E-state index contributed by atoms with van der Waals surface area (Å²) in [6.07, 6.45) is 0.670. The number of benzene rings is 1. The lowest BCUT2D eigenvalue weighted by atomic mass is 10.0. The summed E-state index contributed by atoms with van der Waals surface area (Å²) in [5, 5.41) is 11.9. The minimum Gasteiger partial charge on any atom is -0.394 e. The molecule has 0 bridgehead atoms. The van der Waals surface area contributed by atoms with Crippen LogP contribution in [0.25, 0.3) is 0 Å². The van der Waals surface area contributed by atoms with Gasteiger partial charge in [-0.05, 0) is 38.4 Å². The highest BCUT2D eigenvalue weighted by molar-refractivity contribution is 5.96. The smallest absolute Gasteiger partial charge is 0.252 e. The van der Waals surface area contributed by atoms with E-state index in [4.69, 9.17) is 10.8 Å². The van der Waals surface area contributed by atoms with Gasteiger partial charge < -0.3 is 16.2 Å². The van der Waals surface area contributed by atoms with Gasteiger partial charge in [-0.3, -0.25) is 4.79 Å². The molecule has 0 saturated carbocycles. The fraction of sp³-hybridized carbons (Fsp3) is 0.462. The quantitative estimate of drug-likeness (QED) is 0.704. The lowest BCUT2D eigenvalue weighted by Crippen LogP contribution is -2.46. The van der Waals surface area contributed by atoms with Crippen molar-refractivity contribution >= 4 is 5.91 Å². The average Bonchev–Trinajstić information content (AvgIpc) is 2.29. The molecule has 0 aliphatic heterocycles. The summed E-state index contributed by atoms with van der Waals surface area (Å²) in [5.74, 6) is -0.173. The second kappa shape index (κ2) is 5.80. The molecule has 94 valence electrons. The highest BCUT2D eigenvalue weighted by Crippen LogP contribution is 2.11. The molecule has 17 heavy (non-hydrogen) atoms. The minimum absolute atomic E-state index is 0.0994. The van der Waals surface area contributed by atoms with E-state index in [-0.39, 0.29) is 12.5 Å². The fourth-order valence-electron chi connectivity index (χ4n) is 1.53. The first kappa shape index (κ1) is 13.7. The fourth-order valence-corrected chi connectivity index (χ4v) is 1.53. The lowest BCUT2D eigenvalue weighted by molar-refractivity contribution is 0.0868. The Morgan fingerprint density at radius 1 is 1.41 bits per heavy atom. The monoisotopic (exact) mass is 236 g/mol. The molecule has 4 nitrogen and oxygen atoms in total. The summed E-state index contributed by atoms with van der Waals surface area (Å²) in [7, 11) is 0. The normalized spacial score (nSPS) is 11.3. The molecule has 1 amide bonds. The van der Waals surface area contributed by atoms with Gasteiger partial charge in [0.25, 0.3) is 5.91 Å². The summed E-state index contributed by atoms with van der Waals surface area (Å²) in [6.45, 7) is 3.96. The van der Waals surface area contributed by atoms with E-state index in [0.717, 1.165) is 5.56 Å². The van der Waals surface area contributed by atoms with E-state index in [1.54, 1.807) is 19.9 Å². The van der Waals surface area contributed by atoms with Crippen molar-refractivity contribution in [1.29, 1.82) is 0 Å². The van der Waals surface area contributed by atoms with Gasteiger partial charge in [0.1, 0.15) is 0 Å². The number of aliphatic hydroxyl groups excluding tert-OH is 1. The van der Waals surface area contributed by atoms with E-state index in [1.165, 1.54) is 0 Å². The molecule has 0 heterocycles. The van der Waals surface area contributed by atoms with E-state index in [2.05, 4.69) is 5.32 Å². The molecule has 0 radical (unpaired) electrons. The number of nitrogens with one attached hydrogen (secondary N) is 1. The largest absolute Gasteiger partial charge is 0.394 e. The van der Waals surface area contributed by atoms with Crippen LogP contribution in [0, 0.1) is 0 Å². The van der Waals surface area contributed by atoms with Gasteiger partial charge in [0.15, 0.2) is 0 Å². The van der Waals surface area contributed by atoms with Crippen molar-refractivity contribution in [3.63, 3.8) is 0 Å². The molecule has 1 aromatic rings. The third-order valence-corrected chi connectivity index (χ3v) is 2.52. The number of amides is 1. The zero-order valence-electron chi connectivity index (χ0n) is 10.4. The maximum Gasteiger partial charge on any atom is 0.252 e. The maximum atomic E-state index is 12.1. The van der Waals surface area contributed by atoms with Gasteiger partial charge in [0.05, 0.1) is 12.1 Å². The van der Waals surface area contributed by atoms with Crippen LogP contribution in [-0.4, -0.2) is 29.7 Å².